The highest BCUT2D eigenvalue weighted by Crippen LogP contribution is 2.18. The normalized spacial score (nSPS) is 12.6. The summed E-state index contributed by atoms with van der Waals surface area (Å²) in [6.07, 6.45) is 0.577. The molecule has 0 fully saturated rings. The fourth-order valence-electron chi connectivity index (χ4n) is 1.65. The van der Waals surface area contributed by atoms with E-state index in [0.29, 0.717) is 0 Å². The van der Waals surface area contributed by atoms with Crippen molar-refractivity contribution >= 4 is 23.3 Å². The van der Waals surface area contributed by atoms with Crippen LogP contribution in [0.15, 0.2) is 5.38 Å². The lowest BCUT2D eigenvalue weighted by atomic mass is 10.2. The molecule has 0 aliphatic heterocycles. The molecule has 1 aromatic heterocycles. The number of nitrogens with zero attached hydrogens (tertiary/aromatic N) is 1. The predicted octanol–water partition coefficient (Wildman–Crippen LogP) is 2.80. The molecule has 0 saturated carbocycles. The van der Waals surface area contributed by atoms with Crippen LogP contribution in [0.5, 0.6) is 0 Å². The van der Waals surface area contributed by atoms with Crippen LogP contribution in [-0.4, -0.2) is 29.1 Å². The molecule has 0 spiro atoms. The summed E-state index contributed by atoms with van der Waals surface area (Å²) >= 11 is 1.54. The maximum atomic E-state index is 11.8. The number of thiazole rings is 1. The first-order chi connectivity index (χ1) is 10.2. The lowest BCUT2D eigenvalue weighted by Gasteiger charge is -2.19. The van der Waals surface area contributed by atoms with Crippen LogP contribution < -0.4 is 10.6 Å². The summed E-state index contributed by atoms with van der Waals surface area (Å²) in [5, 5.41) is 8.33. The minimum Gasteiger partial charge on any atom is -0.444 e. The van der Waals surface area contributed by atoms with Gasteiger partial charge in [-0.2, -0.15) is 0 Å². The quantitative estimate of drug-likeness (QED) is 0.842. The third kappa shape index (κ3) is 6.89. The van der Waals surface area contributed by atoms with Gasteiger partial charge in [-0.1, -0.05) is 6.92 Å². The van der Waals surface area contributed by atoms with Gasteiger partial charge in [0.1, 0.15) is 10.6 Å². The van der Waals surface area contributed by atoms with Gasteiger partial charge in [0.25, 0.3) is 0 Å². The summed E-state index contributed by atoms with van der Waals surface area (Å²) in [6, 6.07) is -0.126. The molecule has 0 saturated heterocycles. The molecule has 1 heterocycles. The lowest BCUT2D eigenvalue weighted by molar-refractivity contribution is -0.121. The molecule has 22 heavy (non-hydrogen) atoms. The molecular weight excluding hydrogens is 302 g/mol. The fraction of sp³-hybridized carbons (Fsp3) is 0.667. The molecule has 1 atom stereocenters. The molecule has 0 aromatic carbocycles. The van der Waals surface area contributed by atoms with E-state index in [-0.39, 0.29) is 24.9 Å². The Morgan fingerprint density at radius 3 is 2.64 bits per heavy atom. The van der Waals surface area contributed by atoms with Gasteiger partial charge in [0.05, 0.1) is 11.7 Å². The van der Waals surface area contributed by atoms with Crippen molar-refractivity contribution in [2.75, 3.05) is 6.54 Å². The van der Waals surface area contributed by atoms with E-state index < -0.39 is 11.7 Å². The van der Waals surface area contributed by atoms with Crippen molar-refractivity contribution in [1.82, 2.24) is 15.6 Å². The Balaban J connectivity index is 2.30. The molecule has 1 unspecified atom stereocenters. The minimum atomic E-state index is -0.539. The van der Waals surface area contributed by atoms with Gasteiger partial charge in [0, 0.05) is 18.3 Å². The molecule has 2 amide bonds. The molecule has 1 rings (SSSR count). The van der Waals surface area contributed by atoms with Crippen LogP contribution >= 0.6 is 11.3 Å². The van der Waals surface area contributed by atoms with Crippen molar-refractivity contribution in [3.05, 3.63) is 16.1 Å². The highest BCUT2D eigenvalue weighted by molar-refractivity contribution is 7.09. The number of carbonyl (C=O) groups is 2. The van der Waals surface area contributed by atoms with Gasteiger partial charge in [0.2, 0.25) is 5.91 Å². The van der Waals surface area contributed by atoms with Crippen molar-refractivity contribution in [3.63, 3.8) is 0 Å². The standard InChI is InChI=1S/C15H25N3O3S/c1-6-11-9-22-13(18-11)10(2)17-12(19)7-8-16-14(20)21-15(3,4)5/h9-10H,6-8H2,1-5H3,(H,16,20)(H,17,19). The van der Waals surface area contributed by atoms with E-state index in [9.17, 15) is 9.59 Å². The number of aromatic nitrogens is 1. The van der Waals surface area contributed by atoms with Crippen LogP contribution in [0.4, 0.5) is 4.79 Å². The summed E-state index contributed by atoms with van der Waals surface area (Å²) < 4.78 is 5.09. The second kappa shape index (κ2) is 8.12. The molecule has 1 aromatic rings. The Labute approximate surface area is 135 Å². The molecule has 0 bridgehead atoms. The smallest absolute Gasteiger partial charge is 0.407 e. The minimum absolute atomic E-state index is 0.126. The second-order valence-corrected chi connectivity index (χ2v) is 6.89. The topological polar surface area (TPSA) is 80.3 Å². The van der Waals surface area contributed by atoms with E-state index >= 15 is 0 Å². The van der Waals surface area contributed by atoms with Crippen molar-refractivity contribution < 1.29 is 14.3 Å². The zero-order chi connectivity index (χ0) is 16.8. The highest BCUT2D eigenvalue weighted by atomic mass is 32.1. The maximum absolute atomic E-state index is 11.8. The average Bonchev–Trinajstić information content (AvgIpc) is 2.85. The molecular formula is C15H25N3O3S. The van der Waals surface area contributed by atoms with Crippen molar-refractivity contribution in [3.8, 4) is 0 Å². The van der Waals surface area contributed by atoms with Crippen LogP contribution in [0.1, 0.15) is 57.8 Å². The van der Waals surface area contributed by atoms with E-state index in [4.69, 9.17) is 4.74 Å². The van der Waals surface area contributed by atoms with Crippen molar-refractivity contribution in [1.29, 1.82) is 0 Å². The van der Waals surface area contributed by atoms with E-state index in [0.717, 1.165) is 17.1 Å². The van der Waals surface area contributed by atoms with Gasteiger partial charge in [-0.05, 0) is 34.1 Å². The number of carbonyl (C=O) groups excluding carboxylic acids is 2. The molecule has 0 aliphatic rings. The van der Waals surface area contributed by atoms with Gasteiger partial charge in [-0.25, -0.2) is 9.78 Å². The first-order valence-electron chi connectivity index (χ1n) is 7.41. The molecule has 0 aliphatic carbocycles. The van der Waals surface area contributed by atoms with Gasteiger partial charge in [-0.15, -0.1) is 11.3 Å². The Kier molecular flexibility index (Phi) is 6.80. The lowest BCUT2D eigenvalue weighted by Crippen LogP contribution is -2.35. The Morgan fingerprint density at radius 1 is 1.41 bits per heavy atom. The van der Waals surface area contributed by atoms with E-state index in [1.54, 1.807) is 32.1 Å². The number of hydrogen-bond donors (Lipinski definition) is 2. The monoisotopic (exact) mass is 327 g/mol. The largest absolute Gasteiger partial charge is 0.444 e. The van der Waals surface area contributed by atoms with Crippen LogP contribution in [0.3, 0.4) is 0 Å². The van der Waals surface area contributed by atoms with E-state index in [1.165, 1.54) is 0 Å². The van der Waals surface area contributed by atoms with Gasteiger partial charge < -0.3 is 15.4 Å². The molecule has 2 N–H and O–H groups in total. The van der Waals surface area contributed by atoms with Crippen LogP contribution in [0.25, 0.3) is 0 Å². The summed E-state index contributed by atoms with van der Waals surface area (Å²) in [5.41, 5.74) is 0.496. The SMILES string of the molecule is CCc1csc(C(C)NC(=O)CCNC(=O)OC(C)(C)C)n1. The van der Waals surface area contributed by atoms with Gasteiger partial charge in [0.15, 0.2) is 0 Å². The molecule has 7 heteroatoms. The maximum Gasteiger partial charge on any atom is 0.407 e. The zero-order valence-electron chi connectivity index (χ0n) is 13.9. The van der Waals surface area contributed by atoms with Crippen LogP contribution in [0, 0.1) is 0 Å². The highest BCUT2D eigenvalue weighted by Gasteiger charge is 2.16. The third-order valence-corrected chi connectivity index (χ3v) is 3.78. The number of hydrogen-bond acceptors (Lipinski definition) is 5. The van der Waals surface area contributed by atoms with Crippen LogP contribution in [-0.2, 0) is 16.0 Å². The summed E-state index contributed by atoms with van der Waals surface area (Å²) in [5.74, 6) is -0.128. The Bertz CT molecular complexity index is 508. The molecule has 6 nitrogen and oxygen atoms in total. The van der Waals surface area contributed by atoms with Crippen LogP contribution in [0.2, 0.25) is 0 Å². The predicted molar refractivity (Wildman–Crippen MR) is 86.9 cm³/mol. The number of nitrogens with one attached hydrogen (secondary N) is 2. The number of alkyl carbamates (subject to hydrolysis) is 1. The number of ether oxygens (including phenoxy) is 1. The zero-order valence-corrected chi connectivity index (χ0v) is 14.7. The van der Waals surface area contributed by atoms with Crippen molar-refractivity contribution in [2.45, 2.75) is 59.1 Å². The summed E-state index contributed by atoms with van der Waals surface area (Å²) in [4.78, 5) is 27.7. The molecule has 124 valence electrons. The number of rotatable bonds is 6. The van der Waals surface area contributed by atoms with Gasteiger partial charge >= 0.3 is 6.09 Å². The average molecular weight is 327 g/mol. The van der Waals surface area contributed by atoms with Gasteiger partial charge in [-0.3, -0.25) is 4.79 Å². The summed E-state index contributed by atoms with van der Waals surface area (Å²) in [7, 11) is 0. The Hall–Kier alpha value is -1.63. The number of amides is 2. The summed E-state index contributed by atoms with van der Waals surface area (Å²) in [6.45, 7) is 9.56. The third-order valence-electron chi connectivity index (χ3n) is 2.70. The second-order valence-electron chi connectivity index (χ2n) is 6.00. The van der Waals surface area contributed by atoms with E-state index in [2.05, 4.69) is 15.6 Å². The first kappa shape index (κ1) is 18.4. The first-order valence-corrected chi connectivity index (χ1v) is 8.29. The fourth-order valence-corrected chi connectivity index (χ4v) is 2.56. The van der Waals surface area contributed by atoms with Crippen molar-refractivity contribution in [2.24, 2.45) is 0 Å². The number of aryl methyl sites for hydroxylation is 1. The molecule has 0 radical (unpaired) electrons. The Morgan fingerprint density at radius 2 is 2.09 bits per heavy atom. The van der Waals surface area contributed by atoms with E-state index in [1.807, 2.05) is 19.2 Å².